The number of nitrogens with two attached hydrogens (primary N) is 1. The van der Waals surface area contributed by atoms with E-state index in [-0.39, 0.29) is 5.69 Å². The van der Waals surface area contributed by atoms with Gasteiger partial charge in [-0.25, -0.2) is 9.48 Å². The Morgan fingerprint density at radius 2 is 1.95 bits per heavy atom. The summed E-state index contributed by atoms with van der Waals surface area (Å²) in [5.74, 6) is 0.747. The van der Waals surface area contributed by atoms with Gasteiger partial charge < -0.3 is 10.5 Å². The largest absolute Gasteiger partial charge is 0.491 e. The molecule has 0 aliphatic rings. The summed E-state index contributed by atoms with van der Waals surface area (Å²) in [5, 5.41) is 4.25. The molecule has 0 bridgehead atoms. The fourth-order valence-corrected chi connectivity index (χ4v) is 2.17. The Kier molecular flexibility index (Phi) is 3.70. The van der Waals surface area contributed by atoms with Crippen molar-refractivity contribution in [1.82, 2.24) is 14.2 Å². The molecule has 6 nitrogen and oxygen atoms in total. The van der Waals surface area contributed by atoms with Crippen LogP contribution in [0, 0.1) is 0 Å². The average Bonchev–Trinajstić information content (AvgIpc) is 2.85. The number of aromatic nitrogens is 3. The van der Waals surface area contributed by atoms with Gasteiger partial charge in [0.25, 0.3) is 0 Å². The molecule has 0 saturated heterocycles. The molecule has 108 valence electrons. The molecule has 0 atom stereocenters. The van der Waals surface area contributed by atoms with Crippen molar-refractivity contribution in [2.75, 3.05) is 6.61 Å². The van der Waals surface area contributed by atoms with E-state index in [1.807, 2.05) is 30.3 Å². The van der Waals surface area contributed by atoms with Gasteiger partial charge >= 0.3 is 5.69 Å². The minimum absolute atomic E-state index is 0.165. The monoisotopic (exact) mass is 284 g/mol. The summed E-state index contributed by atoms with van der Waals surface area (Å²) >= 11 is 0. The summed E-state index contributed by atoms with van der Waals surface area (Å²) in [7, 11) is 0. The third-order valence-corrected chi connectivity index (χ3v) is 3.24. The third-order valence-electron chi connectivity index (χ3n) is 3.24. The lowest BCUT2D eigenvalue weighted by Crippen LogP contribution is -2.24. The minimum Gasteiger partial charge on any atom is -0.491 e. The highest BCUT2D eigenvalue weighted by atomic mass is 16.5. The van der Waals surface area contributed by atoms with E-state index >= 15 is 0 Å². The van der Waals surface area contributed by atoms with Gasteiger partial charge in [0.1, 0.15) is 12.4 Å². The maximum absolute atomic E-state index is 12.1. The van der Waals surface area contributed by atoms with Crippen LogP contribution in [-0.4, -0.2) is 20.8 Å². The SMILES string of the molecule is NCc1ccccc1OCCn1nc2ccccn2c1=O. The van der Waals surface area contributed by atoms with Gasteiger partial charge in [-0.1, -0.05) is 24.3 Å². The zero-order valence-electron chi connectivity index (χ0n) is 11.5. The molecule has 3 aromatic rings. The van der Waals surface area contributed by atoms with Gasteiger partial charge in [0.2, 0.25) is 0 Å². The standard InChI is InChI=1S/C15H16N4O2/c16-11-12-5-1-2-6-13(12)21-10-9-19-15(20)18-8-4-3-7-14(18)17-19/h1-8H,9-11,16H2. The molecule has 0 saturated carbocycles. The van der Waals surface area contributed by atoms with Crippen LogP contribution in [0.4, 0.5) is 0 Å². The second kappa shape index (κ2) is 5.80. The fourth-order valence-electron chi connectivity index (χ4n) is 2.17. The van der Waals surface area contributed by atoms with Crippen LogP contribution in [-0.2, 0) is 13.1 Å². The van der Waals surface area contributed by atoms with Crippen LogP contribution < -0.4 is 16.2 Å². The Hall–Kier alpha value is -2.60. The summed E-state index contributed by atoms with van der Waals surface area (Å²) in [6.07, 6.45) is 1.70. The predicted molar refractivity (Wildman–Crippen MR) is 79.3 cm³/mol. The number of pyridine rings is 1. The van der Waals surface area contributed by atoms with E-state index < -0.39 is 0 Å². The second-order valence-electron chi connectivity index (χ2n) is 4.59. The van der Waals surface area contributed by atoms with Crippen molar-refractivity contribution in [3.63, 3.8) is 0 Å². The van der Waals surface area contributed by atoms with Gasteiger partial charge in [0.15, 0.2) is 5.65 Å². The van der Waals surface area contributed by atoms with Crippen molar-refractivity contribution < 1.29 is 4.74 Å². The van der Waals surface area contributed by atoms with E-state index in [1.54, 1.807) is 18.3 Å². The van der Waals surface area contributed by atoms with Crippen molar-refractivity contribution in [3.05, 3.63) is 64.7 Å². The van der Waals surface area contributed by atoms with Crippen molar-refractivity contribution in [2.24, 2.45) is 5.73 Å². The molecule has 1 aromatic carbocycles. The van der Waals surface area contributed by atoms with Gasteiger partial charge in [0, 0.05) is 18.3 Å². The van der Waals surface area contributed by atoms with Gasteiger partial charge in [-0.2, -0.15) is 0 Å². The highest BCUT2D eigenvalue weighted by Crippen LogP contribution is 2.16. The molecule has 0 amide bonds. The number of nitrogens with zero attached hydrogens (tertiary/aromatic N) is 3. The lowest BCUT2D eigenvalue weighted by atomic mass is 10.2. The summed E-state index contributed by atoms with van der Waals surface area (Å²) in [6, 6.07) is 13.0. The lowest BCUT2D eigenvalue weighted by Gasteiger charge is -2.09. The first-order chi connectivity index (χ1) is 10.3. The summed E-state index contributed by atoms with van der Waals surface area (Å²) < 4.78 is 8.60. The Bertz CT molecular complexity index is 807. The number of hydrogen-bond donors (Lipinski definition) is 1. The van der Waals surface area contributed by atoms with Gasteiger partial charge in [-0.05, 0) is 18.2 Å². The summed E-state index contributed by atoms with van der Waals surface area (Å²) in [6.45, 7) is 1.17. The van der Waals surface area contributed by atoms with Gasteiger partial charge in [0.05, 0.1) is 6.54 Å². The first kappa shape index (κ1) is 13.4. The quantitative estimate of drug-likeness (QED) is 0.759. The van der Waals surface area contributed by atoms with Crippen molar-refractivity contribution in [3.8, 4) is 5.75 Å². The smallest absolute Gasteiger partial charge is 0.350 e. The molecule has 6 heteroatoms. The number of hydrogen-bond acceptors (Lipinski definition) is 4. The van der Waals surface area contributed by atoms with E-state index in [0.29, 0.717) is 25.3 Å². The van der Waals surface area contributed by atoms with E-state index in [2.05, 4.69) is 5.10 Å². The highest BCUT2D eigenvalue weighted by Gasteiger charge is 2.06. The molecular weight excluding hydrogens is 268 g/mol. The molecule has 2 aromatic heterocycles. The Balaban J connectivity index is 1.72. The lowest BCUT2D eigenvalue weighted by molar-refractivity contribution is 0.286. The number of ether oxygens (including phenoxy) is 1. The van der Waals surface area contributed by atoms with Crippen LogP contribution in [0.5, 0.6) is 5.75 Å². The van der Waals surface area contributed by atoms with E-state index in [9.17, 15) is 4.79 Å². The number of benzene rings is 1. The first-order valence-corrected chi connectivity index (χ1v) is 6.74. The van der Waals surface area contributed by atoms with Crippen LogP contribution in [0.3, 0.4) is 0 Å². The van der Waals surface area contributed by atoms with Crippen molar-refractivity contribution in [1.29, 1.82) is 0 Å². The normalized spacial score (nSPS) is 10.9. The number of para-hydroxylation sites is 1. The fraction of sp³-hybridized carbons (Fsp3) is 0.200. The summed E-state index contributed by atoms with van der Waals surface area (Å²) in [5.41, 5.74) is 7.07. The molecule has 0 radical (unpaired) electrons. The van der Waals surface area contributed by atoms with Crippen LogP contribution in [0.2, 0.25) is 0 Å². The molecule has 0 aliphatic carbocycles. The van der Waals surface area contributed by atoms with Crippen LogP contribution in [0.1, 0.15) is 5.56 Å². The van der Waals surface area contributed by atoms with E-state index in [4.69, 9.17) is 10.5 Å². The topological polar surface area (TPSA) is 74.6 Å². The minimum atomic E-state index is -0.165. The number of rotatable bonds is 5. The molecule has 0 spiro atoms. The number of fused-ring (bicyclic) bond motifs is 1. The van der Waals surface area contributed by atoms with Gasteiger partial charge in [-0.3, -0.25) is 4.40 Å². The third kappa shape index (κ3) is 2.66. The average molecular weight is 284 g/mol. The van der Waals surface area contributed by atoms with Gasteiger partial charge in [-0.15, -0.1) is 5.10 Å². The van der Waals surface area contributed by atoms with Crippen LogP contribution >= 0.6 is 0 Å². The Morgan fingerprint density at radius 1 is 1.14 bits per heavy atom. The predicted octanol–water partition coefficient (Wildman–Crippen LogP) is 1.03. The van der Waals surface area contributed by atoms with Crippen LogP contribution in [0.25, 0.3) is 5.65 Å². The molecule has 0 unspecified atom stereocenters. The zero-order chi connectivity index (χ0) is 14.7. The van der Waals surface area contributed by atoms with E-state index in [0.717, 1.165) is 11.3 Å². The van der Waals surface area contributed by atoms with E-state index in [1.165, 1.54) is 9.08 Å². The van der Waals surface area contributed by atoms with Crippen molar-refractivity contribution in [2.45, 2.75) is 13.1 Å². The second-order valence-corrected chi connectivity index (χ2v) is 4.59. The molecule has 3 rings (SSSR count). The Morgan fingerprint density at radius 3 is 2.76 bits per heavy atom. The highest BCUT2D eigenvalue weighted by molar-refractivity contribution is 5.35. The summed E-state index contributed by atoms with van der Waals surface area (Å²) in [4.78, 5) is 12.1. The van der Waals surface area contributed by atoms with Crippen molar-refractivity contribution >= 4 is 5.65 Å². The molecule has 2 heterocycles. The molecule has 0 aliphatic heterocycles. The first-order valence-electron chi connectivity index (χ1n) is 6.74. The maximum atomic E-state index is 12.1. The molecule has 21 heavy (non-hydrogen) atoms. The molecule has 2 N–H and O–H groups in total. The zero-order valence-corrected chi connectivity index (χ0v) is 11.5. The maximum Gasteiger partial charge on any atom is 0.350 e. The van der Waals surface area contributed by atoms with Crippen LogP contribution in [0.15, 0.2) is 53.5 Å². The molecule has 0 fully saturated rings. The molecular formula is C15H16N4O2. The Labute approximate surface area is 121 Å².